The van der Waals surface area contributed by atoms with Crippen LogP contribution in [-0.2, 0) is 0 Å². The van der Waals surface area contributed by atoms with Gasteiger partial charge in [-0.15, -0.1) is 0 Å². The zero-order chi connectivity index (χ0) is 15.0. The van der Waals surface area contributed by atoms with Gasteiger partial charge in [-0.1, -0.05) is 41.4 Å². The number of rotatable bonds is 3. The predicted molar refractivity (Wildman–Crippen MR) is 81.9 cm³/mol. The van der Waals surface area contributed by atoms with Gasteiger partial charge in [0.1, 0.15) is 0 Å². The summed E-state index contributed by atoms with van der Waals surface area (Å²) >= 11 is 12.0. The van der Waals surface area contributed by atoms with Crippen LogP contribution in [0.4, 0.5) is 5.69 Å². The topological polar surface area (TPSA) is 49.4 Å². The summed E-state index contributed by atoms with van der Waals surface area (Å²) in [4.78, 5) is 25.5. The molecule has 3 rings (SSSR count). The highest BCUT2D eigenvalue weighted by atomic mass is 35.5. The molecule has 0 fully saturated rings. The van der Waals surface area contributed by atoms with E-state index in [9.17, 15) is 9.59 Å². The summed E-state index contributed by atoms with van der Waals surface area (Å²) in [5.41, 5.74) is 1.41. The quantitative estimate of drug-likeness (QED) is 0.878. The number of nitrogens with one attached hydrogen (secondary N) is 1. The number of anilines is 1. The number of amides is 2. The van der Waals surface area contributed by atoms with Gasteiger partial charge in [0.15, 0.2) is 0 Å². The summed E-state index contributed by atoms with van der Waals surface area (Å²) in [6.45, 7) is 0.0341. The lowest BCUT2D eigenvalue weighted by molar-refractivity contribution is 0.0666. The van der Waals surface area contributed by atoms with E-state index in [1.165, 1.54) is 0 Å². The maximum Gasteiger partial charge on any atom is 0.263 e. The maximum absolute atomic E-state index is 12.2. The number of hydrogen-bond acceptors (Lipinski definition) is 3. The minimum Gasteiger partial charge on any atom is -0.366 e. The number of benzene rings is 2. The van der Waals surface area contributed by atoms with Gasteiger partial charge >= 0.3 is 0 Å². The molecule has 1 N–H and O–H groups in total. The van der Waals surface area contributed by atoms with E-state index < -0.39 is 0 Å². The largest absolute Gasteiger partial charge is 0.366 e. The van der Waals surface area contributed by atoms with Gasteiger partial charge in [0.2, 0.25) is 0 Å². The number of imide groups is 1. The number of hydrogen-bond donors (Lipinski definition) is 1. The Morgan fingerprint density at radius 1 is 0.905 bits per heavy atom. The minimum absolute atomic E-state index is 0.0341. The van der Waals surface area contributed by atoms with E-state index in [-0.39, 0.29) is 18.5 Å². The second-order valence-corrected chi connectivity index (χ2v) is 5.31. The van der Waals surface area contributed by atoms with Crippen molar-refractivity contribution < 1.29 is 9.59 Å². The molecule has 1 heterocycles. The Morgan fingerprint density at radius 3 is 2.14 bits per heavy atom. The Morgan fingerprint density at radius 2 is 1.52 bits per heavy atom. The second kappa shape index (κ2) is 5.39. The van der Waals surface area contributed by atoms with Gasteiger partial charge < -0.3 is 5.32 Å². The van der Waals surface area contributed by atoms with Crippen LogP contribution in [0.2, 0.25) is 10.0 Å². The summed E-state index contributed by atoms with van der Waals surface area (Å²) in [5.74, 6) is -0.637. The molecule has 4 nitrogen and oxygen atoms in total. The molecule has 2 aromatic carbocycles. The zero-order valence-electron chi connectivity index (χ0n) is 10.8. The van der Waals surface area contributed by atoms with Gasteiger partial charge in [0.05, 0.1) is 33.5 Å². The van der Waals surface area contributed by atoms with E-state index >= 15 is 0 Å². The van der Waals surface area contributed by atoms with E-state index in [1.54, 1.807) is 42.5 Å². The van der Waals surface area contributed by atoms with E-state index in [0.717, 1.165) is 4.90 Å². The molecule has 1 aliphatic rings. The van der Waals surface area contributed by atoms with Crippen molar-refractivity contribution in [2.45, 2.75) is 0 Å². The fourth-order valence-electron chi connectivity index (χ4n) is 2.19. The lowest BCUT2D eigenvalue weighted by Gasteiger charge is -2.16. The normalized spacial score (nSPS) is 13.5. The van der Waals surface area contributed by atoms with Gasteiger partial charge in [-0.2, -0.15) is 0 Å². The van der Waals surface area contributed by atoms with Gasteiger partial charge in [-0.05, 0) is 24.3 Å². The summed E-state index contributed by atoms with van der Waals surface area (Å²) in [5, 5.41) is 3.72. The van der Waals surface area contributed by atoms with Crippen molar-refractivity contribution in [2.24, 2.45) is 0 Å². The molecule has 0 aliphatic carbocycles. The molecule has 21 heavy (non-hydrogen) atoms. The molecule has 0 saturated heterocycles. The fourth-order valence-corrected chi connectivity index (χ4v) is 2.55. The first kappa shape index (κ1) is 13.9. The Hall–Kier alpha value is -2.04. The fraction of sp³-hybridized carbons (Fsp3) is 0.0667. The van der Waals surface area contributed by atoms with E-state index in [0.29, 0.717) is 26.9 Å². The summed E-state index contributed by atoms with van der Waals surface area (Å²) < 4.78 is 0. The molecular formula is C15H10Cl2N2O2. The third kappa shape index (κ3) is 2.37. The van der Waals surface area contributed by atoms with Crippen molar-refractivity contribution in [3.63, 3.8) is 0 Å². The Balaban J connectivity index is 1.80. The molecule has 6 heteroatoms. The van der Waals surface area contributed by atoms with Crippen LogP contribution >= 0.6 is 23.2 Å². The SMILES string of the molecule is O=C1c2ccccc2C(=O)N1CNc1cccc(Cl)c1Cl. The van der Waals surface area contributed by atoms with Gasteiger partial charge in [-0.25, -0.2) is 0 Å². The van der Waals surface area contributed by atoms with Crippen LogP contribution in [0.3, 0.4) is 0 Å². The molecule has 0 saturated carbocycles. The van der Waals surface area contributed by atoms with Crippen LogP contribution in [0.1, 0.15) is 20.7 Å². The monoisotopic (exact) mass is 320 g/mol. The molecule has 106 valence electrons. The lowest BCUT2D eigenvalue weighted by atomic mass is 10.1. The smallest absolute Gasteiger partial charge is 0.263 e. The van der Waals surface area contributed by atoms with Crippen LogP contribution in [0.5, 0.6) is 0 Å². The average Bonchev–Trinajstić information content (AvgIpc) is 2.73. The number of nitrogens with zero attached hydrogens (tertiary/aromatic N) is 1. The number of halogens is 2. The Kier molecular flexibility index (Phi) is 3.57. The van der Waals surface area contributed by atoms with Crippen LogP contribution in [-0.4, -0.2) is 23.4 Å². The van der Waals surface area contributed by atoms with Crippen molar-refractivity contribution in [1.82, 2.24) is 4.90 Å². The molecular weight excluding hydrogens is 311 g/mol. The molecule has 0 unspecified atom stereocenters. The summed E-state index contributed by atoms with van der Waals surface area (Å²) in [6, 6.07) is 11.9. The van der Waals surface area contributed by atoms with Gasteiger partial charge in [0.25, 0.3) is 11.8 Å². The molecule has 1 aliphatic heterocycles. The number of fused-ring (bicyclic) bond motifs is 1. The number of carbonyl (C=O) groups is 2. The average molecular weight is 321 g/mol. The zero-order valence-corrected chi connectivity index (χ0v) is 12.3. The molecule has 0 radical (unpaired) electrons. The van der Waals surface area contributed by atoms with Crippen molar-refractivity contribution in [2.75, 3.05) is 12.0 Å². The molecule has 0 bridgehead atoms. The van der Waals surface area contributed by atoms with Crippen LogP contribution in [0.15, 0.2) is 42.5 Å². The van der Waals surface area contributed by atoms with E-state index in [2.05, 4.69) is 5.32 Å². The van der Waals surface area contributed by atoms with Crippen molar-refractivity contribution >= 4 is 40.7 Å². The third-order valence-corrected chi connectivity index (χ3v) is 4.08. The van der Waals surface area contributed by atoms with Crippen molar-refractivity contribution in [1.29, 1.82) is 0 Å². The van der Waals surface area contributed by atoms with Gasteiger partial charge in [0, 0.05) is 0 Å². The second-order valence-electron chi connectivity index (χ2n) is 4.52. The third-order valence-electron chi connectivity index (χ3n) is 3.26. The van der Waals surface area contributed by atoms with Gasteiger partial charge in [-0.3, -0.25) is 14.5 Å². The predicted octanol–water partition coefficient (Wildman–Crippen LogP) is 3.66. The molecule has 0 atom stereocenters. The highest BCUT2D eigenvalue weighted by Crippen LogP contribution is 2.30. The van der Waals surface area contributed by atoms with Crippen LogP contribution in [0.25, 0.3) is 0 Å². The molecule has 2 amide bonds. The van der Waals surface area contributed by atoms with E-state index in [4.69, 9.17) is 23.2 Å². The molecule has 0 spiro atoms. The summed E-state index contributed by atoms with van der Waals surface area (Å²) in [6.07, 6.45) is 0. The minimum atomic E-state index is -0.318. The van der Waals surface area contributed by atoms with Crippen molar-refractivity contribution in [3.8, 4) is 0 Å². The summed E-state index contributed by atoms with van der Waals surface area (Å²) in [7, 11) is 0. The first-order valence-corrected chi connectivity index (χ1v) is 6.98. The first-order valence-electron chi connectivity index (χ1n) is 6.22. The Bertz CT molecular complexity index is 711. The first-order chi connectivity index (χ1) is 10.1. The van der Waals surface area contributed by atoms with Crippen LogP contribution < -0.4 is 5.32 Å². The van der Waals surface area contributed by atoms with E-state index in [1.807, 2.05) is 0 Å². The lowest BCUT2D eigenvalue weighted by Crippen LogP contribution is -2.34. The standard InChI is InChI=1S/C15H10Cl2N2O2/c16-11-6-3-7-12(13(11)17)18-8-19-14(20)9-4-1-2-5-10(9)15(19)21/h1-7,18H,8H2. The van der Waals surface area contributed by atoms with Crippen molar-refractivity contribution in [3.05, 3.63) is 63.6 Å². The highest BCUT2D eigenvalue weighted by molar-refractivity contribution is 6.43. The van der Waals surface area contributed by atoms with Crippen LogP contribution in [0, 0.1) is 0 Å². The number of carbonyl (C=O) groups excluding carboxylic acids is 2. The Labute approximate surface area is 131 Å². The maximum atomic E-state index is 12.2. The molecule has 2 aromatic rings. The highest BCUT2D eigenvalue weighted by Gasteiger charge is 2.34. The molecule has 0 aromatic heterocycles.